The van der Waals surface area contributed by atoms with Gasteiger partial charge in [0.25, 0.3) is 5.91 Å². The maximum atomic E-state index is 12.9. The molecule has 0 aliphatic carbocycles. The van der Waals surface area contributed by atoms with E-state index in [1.165, 1.54) is 6.08 Å². The molecule has 1 saturated heterocycles. The molecule has 0 atom stereocenters. The van der Waals surface area contributed by atoms with Gasteiger partial charge in [0.1, 0.15) is 5.65 Å². The first-order chi connectivity index (χ1) is 17.5. The molecule has 0 spiro atoms. The molecule has 2 aromatic heterocycles. The molecule has 2 aromatic carbocycles. The number of halogens is 1. The van der Waals surface area contributed by atoms with Crippen LogP contribution in [0, 0.1) is 6.92 Å². The Hall–Kier alpha value is -3.74. The van der Waals surface area contributed by atoms with Crippen LogP contribution in [0.3, 0.4) is 0 Å². The number of allylic oxidation sites excluding steroid dienone is 1. The Morgan fingerprint density at radius 2 is 1.83 bits per heavy atom. The van der Waals surface area contributed by atoms with E-state index >= 15 is 0 Å². The summed E-state index contributed by atoms with van der Waals surface area (Å²) in [5.41, 5.74) is 6.86. The number of benzene rings is 2. The van der Waals surface area contributed by atoms with Crippen molar-refractivity contribution in [3.63, 3.8) is 0 Å². The normalized spacial score (nSPS) is 13.7. The molecule has 1 fully saturated rings. The topological polar surface area (TPSA) is 75.3 Å². The zero-order chi connectivity index (χ0) is 25.2. The van der Waals surface area contributed by atoms with Gasteiger partial charge in [0, 0.05) is 42.2 Å². The number of nitrogens with zero attached hydrogens (tertiary/aromatic N) is 2. The molecule has 1 N–H and O–H groups in total. The fourth-order valence-corrected chi connectivity index (χ4v) is 4.83. The van der Waals surface area contributed by atoms with E-state index in [0.29, 0.717) is 42.5 Å². The second kappa shape index (κ2) is 10.1. The highest BCUT2D eigenvalue weighted by atomic mass is 35.5. The number of rotatable bonds is 6. The fraction of sp³-hybridized carbons (Fsp3) is 0.207. The minimum atomic E-state index is -0.0328. The van der Waals surface area contributed by atoms with Crippen molar-refractivity contribution in [3.05, 3.63) is 89.1 Å². The lowest BCUT2D eigenvalue weighted by Gasteiger charge is -2.26. The lowest BCUT2D eigenvalue weighted by Crippen LogP contribution is -2.40. The highest BCUT2D eigenvalue weighted by molar-refractivity contribution is 6.36. The summed E-state index contributed by atoms with van der Waals surface area (Å²) in [5, 5.41) is 1.40. The maximum absolute atomic E-state index is 12.9. The van der Waals surface area contributed by atoms with Crippen molar-refractivity contribution in [1.29, 1.82) is 0 Å². The summed E-state index contributed by atoms with van der Waals surface area (Å²) < 4.78 is 5.36. The van der Waals surface area contributed by atoms with Crippen molar-refractivity contribution >= 4 is 34.3 Å². The smallest absolute Gasteiger partial charge is 0.254 e. The van der Waals surface area contributed by atoms with Crippen molar-refractivity contribution in [2.75, 3.05) is 26.3 Å². The first kappa shape index (κ1) is 24.0. The van der Waals surface area contributed by atoms with Gasteiger partial charge in [0.15, 0.2) is 5.78 Å². The number of carbonyl (C=O) groups excluding carboxylic acids is 2. The zero-order valence-electron chi connectivity index (χ0n) is 20.0. The summed E-state index contributed by atoms with van der Waals surface area (Å²) in [6.07, 6.45) is 3.30. The number of H-pyrrole nitrogens is 1. The first-order valence-electron chi connectivity index (χ1n) is 11.8. The lowest BCUT2D eigenvalue weighted by atomic mass is 9.93. The van der Waals surface area contributed by atoms with E-state index in [-0.39, 0.29) is 18.1 Å². The van der Waals surface area contributed by atoms with Gasteiger partial charge in [-0.3, -0.25) is 9.59 Å². The Morgan fingerprint density at radius 3 is 2.56 bits per heavy atom. The third kappa shape index (κ3) is 4.57. The first-order valence-corrected chi connectivity index (χ1v) is 12.2. The monoisotopic (exact) mass is 499 g/mol. The number of aromatic amines is 1. The quantitative estimate of drug-likeness (QED) is 0.349. The number of fused-ring (bicyclic) bond motifs is 1. The van der Waals surface area contributed by atoms with Gasteiger partial charge in [-0.1, -0.05) is 48.5 Å². The number of ketones is 1. The molecule has 0 saturated carbocycles. The van der Waals surface area contributed by atoms with Crippen molar-refractivity contribution in [3.8, 4) is 22.4 Å². The number of hydrogen-bond acceptors (Lipinski definition) is 4. The number of nitrogens with one attached hydrogen (secondary N) is 1. The highest BCUT2D eigenvalue weighted by Gasteiger charge is 2.21. The molecule has 182 valence electrons. The summed E-state index contributed by atoms with van der Waals surface area (Å²) in [6.45, 7) is 7.91. The lowest BCUT2D eigenvalue weighted by molar-refractivity contribution is -0.114. The molecule has 4 aromatic rings. The number of morpholine rings is 1. The Morgan fingerprint density at radius 1 is 1.11 bits per heavy atom. The van der Waals surface area contributed by atoms with Crippen molar-refractivity contribution < 1.29 is 14.3 Å². The van der Waals surface area contributed by atoms with Crippen LogP contribution >= 0.6 is 11.6 Å². The van der Waals surface area contributed by atoms with Gasteiger partial charge in [-0.25, -0.2) is 4.98 Å². The minimum Gasteiger partial charge on any atom is -0.378 e. The number of amides is 1. The highest BCUT2D eigenvalue weighted by Crippen LogP contribution is 2.41. The third-order valence-electron chi connectivity index (χ3n) is 6.59. The van der Waals surface area contributed by atoms with Crippen LogP contribution in [0.25, 0.3) is 33.4 Å². The Kier molecular flexibility index (Phi) is 6.72. The Balaban J connectivity index is 1.60. The summed E-state index contributed by atoms with van der Waals surface area (Å²) in [4.78, 5) is 34.7. The van der Waals surface area contributed by atoms with Crippen LogP contribution in [0.1, 0.15) is 21.5 Å². The predicted octanol–water partition coefficient (Wildman–Crippen LogP) is 5.63. The second-order valence-electron chi connectivity index (χ2n) is 8.86. The van der Waals surface area contributed by atoms with Gasteiger partial charge < -0.3 is 14.6 Å². The van der Waals surface area contributed by atoms with Crippen LogP contribution in [0.4, 0.5) is 0 Å². The Bertz CT molecular complexity index is 1470. The van der Waals surface area contributed by atoms with Gasteiger partial charge in [-0.05, 0) is 53.5 Å². The van der Waals surface area contributed by atoms with E-state index < -0.39 is 0 Å². The van der Waals surface area contributed by atoms with Gasteiger partial charge in [0.05, 0.1) is 23.9 Å². The van der Waals surface area contributed by atoms with Crippen molar-refractivity contribution in [2.45, 2.75) is 13.3 Å². The molecule has 7 heteroatoms. The largest absolute Gasteiger partial charge is 0.378 e. The van der Waals surface area contributed by atoms with Gasteiger partial charge >= 0.3 is 0 Å². The molecular formula is C29H26ClN3O3. The van der Waals surface area contributed by atoms with Crippen LogP contribution in [-0.4, -0.2) is 52.9 Å². The number of aromatic nitrogens is 2. The standard InChI is InChI=1S/C29H26ClN3O3/c1-3-23(34)17-22-16-21(5-4-18(22)2)25-26-24(30)10-11-31-28(26)32-27(25)19-6-8-20(9-7-19)29(35)33-12-14-36-15-13-33/h3-11,16H,1,12-15,17H2,2H3,(H,31,32). The molecule has 0 unspecified atom stereocenters. The van der Waals surface area contributed by atoms with E-state index in [4.69, 9.17) is 16.3 Å². The molecule has 1 aliphatic heterocycles. The van der Waals surface area contributed by atoms with Crippen molar-refractivity contribution in [1.82, 2.24) is 14.9 Å². The number of aryl methyl sites for hydroxylation is 1. The second-order valence-corrected chi connectivity index (χ2v) is 9.27. The van der Waals surface area contributed by atoms with Crippen LogP contribution in [0.15, 0.2) is 67.4 Å². The fourth-order valence-electron chi connectivity index (χ4n) is 4.59. The van der Waals surface area contributed by atoms with Crippen LogP contribution < -0.4 is 0 Å². The molecule has 3 heterocycles. The summed E-state index contributed by atoms with van der Waals surface area (Å²) in [7, 11) is 0. The summed E-state index contributed by atoms with van der Waals surface area (Å²) in [6, 6.07) is 15.4. The van der Waals surface area contributed by atoms with E-state index in [1.807, 2.05) is 54.3 Å². The number of carbonyl (C=O) groups is 2. The number of hydrogen-bond donors (Lipinski definition) is 1. The van der Waals surface area contributed by atoms with Crippen LogP contribution in [0.2, 0.25) is 5.02 Å². The summed E-state index contributed by atoms with van der Waals surface area (Å²) >= 11 is 6.66. The van der Waals surface area contributed by atoms with Crippen LogP contribution in [0.5, 0.6) is 0 Å². The van der Waals surface area contributed by atoms with Gasteiger partial charge in [0.2, 0.25) is 0 Å². The number of pyridine rings is 1. The molecular weight excluding hydrogens is 474 g/mol. The van der Waals surface area contributed by atoms with E-state index in [2.05, 4.69) is 16.5 Å². The van der Waals surface area contributed by atoms with Crippen LogP contribution in [-0.2, 0) is 16.0 Å². The van der Waals surface area contributed by atoms with Gasteiger partial charge in [-0.2, -0.15) is 0 Å². The molecule has 6 nitrogen and oxygen atoms in total. The molecule has 1 amide bonds. The molecule has 0 radical (unpaired) electrons. The molecule has 36 heavy (non-hydrogen) atoms. The minimum absolute atomic E-state index is 0.00138. The molecule has 0 bridgehead atoms. The van der Waals surface area contributed by atoms with E-state index in [0.717, 1.165) is 38.9 Å². The van der Waals surface area contributed by atoms with E-state index in [9.17, 15) is 9.59 Å². The summed E-state index contributed by atoms with van der Waals surface area (Å²) in [5.74, 6) is -0.0314. The average Bonchev–Trinajstić information content (AvgIpc) is 3.31. The van der Waals surface area contributed by atoms with Crippen molar-refractivity contribution in [2.24, 2.45) is 0 Å². The SMILES string of the molecule is C=CC(=O)Cc1cc(-c2c(-c3ccc(C(=O)N4CCOCC4)cc3)[nH]c3nccc(Cl)c23)ccc1C. The molecule has 1 aliphatic rings. The zero-order valence-corrected chi connectivity index (χ0v) is 20.8. The van der Waals surface area contributed by atoms with E-state index in [1.54, 1.807) is 12.3 Å². The maximum Gasteiger partial charge on any atom is 0.254 e. The average molecular weight is 500 g/mol. The third-order valence-corrected chi connectivity index (χ3v) is 6.91. The number of ether oxygens (including phenoxy) is 1. The predicted molar refractivity (Wildman–Crippen MR) is 142 cm³/mol. The molecule has 5 rings (SSSR count). The van der Waals surface area contributed by atoms with Gasteiger partial charge in [-0.15, -0.1) is 0 Å². The Labute approximate surface area is 214 Å².